The normalized spacial score (nSPS) is 9.71. The molecule has 0 aliphatic rings. The van der Waals surface area contributed by atoms with Crippen LogP contribution in [-0.2, 0) is 4.79 Å². The molecule has 0 saturated heterocycles. The van der Waals surface area contributed by atoms with Gasteiger partial charge in [0.25, 0.3) is 0 Å². The molecule has 0 saturated carbocycles. The summed E-state index contributed by atoms with van der Waals surface area (Å²) < 4.78 is 0.858. The molecule has 0 amide bonds. The molecule has 0 atom stereocenters. The van der Waals surface area contributed by atoms with Gasteiger partial charge in [-0.3, -0.25) is 4.79 Å². The molecule has 1 aromatic carbocycles. The van der Waals surface area contributed by atoms with Gasteiger partial charge in [0, 0.05) is 24.5 Å². The number of carboxylic acids is 1. The van der Waals surface area contributed by atoms with Crippen LogP contribution in [0.3, 0.4) is 0 Å². The molecule has 0 unspecified atom stereocenters. The van der Waals surface area contributed by atoms with Gasteiger partial charge in [-0.1, -0.05) is 15.9 Å². The number of hydrogen-bond acceptors (Lipinski definition) is 3. The monoisotopic (exact) mass is 296 g/mol. The minimum Gasteiger partial charge on any atom is -0.481 e. The number of carbonyl (C=O) groups is 1. The van der Waals surface area contributed by atoms with E-state index in [-0.39, 0.29) is 6.42 Å². The van der Waals surface area contributed by atoms with E-state index in [1.807, 2.05) is 24.1 Å². The first-order valence-electron chi connectivity index (χ1n) is 5.17. The molecule has 4 nitrogen and oxygen atoms in total. The summed E-state index contributed by atoms with van der Waals surface area (Å²) >= 11 is 3.31. The molecule has 90 valence electrons. The molecule has 0 aliphatic heterocycles. The van der Waals surface area contributed by atoms with Crippen molar-refractivity contribution in [2.75, 3.05) is 18.5 Å². The maximum absolute atomic E-state index is 10.4. The Morgan fingerprint density at radius 3 is 2.88 bits per heavy atom. The van der Waals surface area contributed by atoms with Gasteiger partial charge in [-0.25, -0.2) is 0 Å². The average Bonchev–Trinajstić information content (AvgIpc) is 2.28. The van der Waals surface area contributed by atoms with Crippen LogP contribution in [0.1, 0.15) is 18.4 Å². The molecular formula is C12H13BrN2O2. The SMILES string of the molecule is CN(CCCC(=O)O)c1ccc(Br)cc1C#N. The number of anilines is 1. The summed E-state index contributed by atoms with van der Waals surface area (Å²) in [5.74, 6) is -0.797. The van der Waals surface area contributed by atoms with Crippen molar-refractivity contribution in [2.24, 2.45) is 0 Å². The van der Waals surface area contributed by atoms with Crippen molar-refractivity contribution in [2.45, 2.75) is 12.8 Å². The van der Waals surface area contributed by atoms with Gasteiger partial charge in [-0.2, -0.15) is 5.26 Å². The molecule has 0 heterocycles. The highest BCUT2D eigenvalue weighted by molar-refractivity contribution is 9.10. The smallest absolute Gasteiger partial charge is 0.303 e. The van der Waals surface area contributed by atoms with Gasteiger partial charge < -0.3 is 10.0 Å². The summed E-state index contributed by atoms with van der Waals surface area (Å²) in [4.78, 5) is 12.3. The molecule has 1 N–H and O–H groups in total. The number of benzene rings is 1. The first kappa shape index (κ1) is 13.5. The van der Waals surface area contributed by atoms with Crippen molar-refractivity contribution >= 4 is 27.6 Å². The second-order valence-electron chi connectivity index (χ2n) is 3.69. The highest BCUT2D eigenvalue weighted by Crippen LogP contribution is 2.23. The standard InChI is InChI=1S/C12H13BrN2O2/c1-15(6-2-3-12(16)17)11-5-4-10(13)7-9(11)8-14/h4-5,7H,2-3,6H2,1H3,(H,16,17). The predicted molar refractivity (Wildman–Crippen MR) is 69.0 cm³/mol. The fraction of sp³-hybridized carbons (Fsp3) is 0.333. The van der Waals surface area contributed by atoms with Crippen LogP contribution in [-0.4, -0.2) is 24.7 Å². The topological polar surface area (TPSA) is 64.3 Å². The quantitative estimate of drug-likeness (QED) is 0.907. The minimum atomic E-state index is -0.797. The van der Waals surface area contributed by atoms with Gasteiger partial charge in [0.05, 0.1) is 11.3 Å². The lowest BCUT2D eigenvalue weighted by molar-refractivity contribution is -0.137. The zero-order valence-electron chi connectivity index (χ0n) is 9.48. The number of carboxylic acid groups (broad SMARTS) is 1. The lowest BCUT2D eigenvalue weighted by atomic mass is 10.1. The molecule has 0 aliphatic carbocycles. The minimum absolute atomic E-state index is 0.142. The van der Waals surface area contributed by atoms with Gasteiger partial charge in [0.2, 0.25) is 0 Å². The average molecular weight is 297 g/mol. The third-order valence-electron chi connectivity index (χ3n) is 2.37. The second-order valence-corrected chi connectivity index (χ2v) is 4.61. The van der Waals surface area contributed by atoms with E-state index in [2.05, 4.69) is 22.0 Å². The Morgan fingerprint density at radius 2 is 2.29 bits per heavy atom. The molecule has 0 radical (unpaired) electrons. The number of rotatable bonds is 5. The van der Waals surface area contributed by atoms with E-state index in [0.29, 0.717) is 18.5 Å². The molecule has 1 rings (SSSR count). The van der Waals surface area contributed by atoms with Crippen molar-refractivity contribution in [1.82, 2.24) is 0 Å². The molecule has 5 heteroatoms. The summed E-state index contributed by atoms with van der Waals surface area (Å²) in [5, 5.41) is 17.6. The number of aliphatic carboxylic acids is 1. The van der Waals surface area contributed by atoms with E-state index >= 15 is 0 Å². The Bertz CT molecular complexity index is 454. The Kier molecular flexibility index (Phi) is 4.98. The van der Waals surface area contributed by atoms with Crippen molar-refractivity contribution in [3.63, 3.8) is 0 Å². The molecule has 0 fully saturated rings. The zero-order valence-corrected chi connectivity index (χ0v) is 11.1. The van der Waals surface area contributed by atoms with E-state index in [1.54, 1.807) is 6.07 Å². The largest absolute Gasteiger partial charge is 0.481 e. The van der Waals surface area contributed by atoms with Crippen molar-refractivity contribution < 1.29 is 9.90 Å². The second kappa shape index (κ2) is 6.26. The third kappa shape index (κ3) is 4.08. The van der Waals surface area contributed by atoms with Crippen molar-refractivity contribution in [3.05, 3.63) is 28.2 Å². The highest BCUT2D eigenvalue weighted by atomic mass is 79.9. The Hall–Kier alpha value is -1.54. The lowest BCUT2D eigenvalue weighted by Crippen LogP contribution is -2.20. The van der Waals surface area contributed by atoms with Crippen LogP contribution in [0.2, 0.25) is 0 Å². The zero-order chi connectivity index (χ0) is 12.8. The summed E-state index contributed by atoms with van der Waals surface area (Å²) in [5.41, 5.74) is 1.40. The molecular weight excluding hydrogens is 284 g/mol. The first-order chi connectivity index (χ1) is 8.04. The highest BCUT2D eigenvalue weighted by Gasteiger charge is 2.08. The number of hydrogen-bond donors (Lipinski definition) is 1. The maximum Gasteiger partial charge on any atom is 0.303 e. The van der Waals surface area contributed by atoms with Crippen molar-refractivity contribution in [1.29, 1.82) is 5.26 Å². The van der Waals surface area contributed by atoms with E-state index in [9.17, 15) is 4.79 Å². The van der Waals surface area contributed by atoms with E-state index in [4.69, 9.17) is 10.4 Å². The molecule has 17 heavy (non-hydrogen) atoms. The number of halogens is 1. The predicted octanol–water partition coefficient (Wildman–Crippen LogP) is 2.62. The number of nitriles is 1. The Morgan fingerprint density at radius 1 is 1.59 bits per heavy atom. The molecule has 0 bridgehead atoms. The van der Waals surface area contributed by atoms with E-state index in [1.165, 1.54) is 0 Å². The van der Waals surface area contributed by atoms with Gasteiger partial charge in [0.15, 0.2) is 0 Å². The first-order valence-corrected chi connectivity index (χ1v) is 5.96. The fourth-order valence-corrected chi connectivity index (χ4v) is 1.88. The van der Waals surface area contributed by atoms with Gasteiger partial charge in [-0.05, 0) is 24.6 Å². The molecule has 0 spiro atoms. The maximum atomic E-state index is 10.4. The van der Waals surface area contributed by atoms with E-state index < -0.39 is 5.97 Å². The summed E-state index contributed by atoms with van der Waals surface area (Å²) in [6, 6.07) is 7.60. The van der Waals surface area contributed by atoms with Crippen LogP contribution < -0.4 is 4.90 Å². The third-order valence-corrected chi connectivity index (χ3v) is 2.87. The van der Waals surface area contributed by atoms with Gasteiger partial charge in [-0.15, -0.1) is 0 Å². The van der Waals surface area contributed by atoms with Crippen LogP contribution in [0.5, 0.6) is 0 Å². The summed E-state index contributed by atoms with van der Waals surface area (Å²) in [6.45, 7) is 0.614. The fourth-order valence-electron chi connectivity index (χ4n) is 1.52. The van der Waals surface area contributed by atoms with Crippen LogP contribution in [0.25, 0.3) is 0 Å². The van der Waals surface area contributed by atoms with Crippen molar-refractivity contribution in [3.8, 4) is 6.07 Å². The van der Waals surface area contributed by atoms with Crippen LogP contribution in [0.4, 0.5) is 5.69 Å². The van der Waals surface area contributed by atoms with Crippen LogP contribution >= 0.6 is 15.9 Å². The Labute approximate surface area is 109 Å². The molecule has 1 aromatic rings. The summed E-state index contributed by atoms with van der Waals surface area (Å²) in [7, 11) is 1.85. The van der Waals surface area contributed by atoms with Crippen LogP contribution in [0, 0.1) is 11.3 Å². The number of nitrogens with zero attached hydrogens (tertiary/aromatic N) is 2. The Balaban J connectivity index is 2.72. The van der Waals surface area contributed by atoms with Crippen LogP contribution in [0.15, 0.2) is 22.7 Å². The van der Waals surface area contributed by atoms with E-state index in [0.717, 1.165) is 10.2 Å². The van der Waals surface area contributed by atoms with Gasteiger partial charge >= 0.3 is 5.97 Å². The molecule has 0 aromatic heterocycles. The lowest BCUT2D eigenvalue weighted by Gasteiger charge is -2.20. The van der Waals surface area contributed by atoms with Gasteiger partial charge in [0.1, 0.15) is 6.07 Å². The summed E-state index contributed by atoms with van der Waals surface area (Å²) in [6.07, 6.45) is 0.704.